The van der Waals surface area contributed by atoms with E-state index < -0.39 is 6.10 Å². The summed E-state index contributed by atoms with van der Waals surface area (Å²) in [7, 11) is 5.95. The largest absolute Gasteiger partial charge is 0.385 e. The second-order valence-electron chi connectivity index (χ2n) is 5.87. The van der Waals surface area contributed by atoms with E-state index in [2.05, 4.69) is 36.2 Å². The molecule has 1 unspecified atom stereocenters. The molecule has 1 aromatic rings. The maximum Gasteiger partial charge on any atom is 0.115 e. The van der Waals surface area contributed by atoms with Crippen molar-refractivity contribution in [2.45, 2.75) is 44.2 Å². The molecule has 5 heteroatoms. The number of aryl methyl sites for hydroxylation is 1. The van der Waals surface area contributed by atoms with Crippen molar-refractivity contribution in [3.63, 3.8) is 0 Å². The van der Waals surface area contributed by atoms with Crippen molar-refractivity contribution in [2.75, 3.05) is 14.1 Å². The van der Waals surface area contributed by atoms with Gasteiger partial charge in [-0.3, -0.25) is 0 Å². The molecule has 0 aromatic carbocycles. The van der Waals surface area contributed by atoms with Crippen molar-refractivity contribution in [3.05, 3.63) is 11.9 Å². The van der Waals surface area contributed by atoms with Crippen LogP contribution in [0, 0.1) is 5.92 Å². The number of aliphatic hydroxyl groups is 1. The zero-order valence-electron chi connectivity index (χ0n) is 11.8. The lowest BCUT2D eigenvalue weighted by molar-refractivity contribution is -0.0445. The van der Waals surface area contributed by atoms with E-state index in [-0.39, 0.29) is 5.54 Å². The van der Waals surface area contributed by atoms with E-state index in [1.165, 1.54) is 12.8 Å². The molecule has 0 radical (unpaired) electrons. The summed E-state index contributed by atoms with van der Waals surface area (Å²) in [5.41, 5.74) is 0.625. The number of hydrogen-bond donors (Lipinski definition) is 1. The van der Waals surface area contributed by atoms with Crippen LogP contribution in [-0.4, -0.2) is 44.6 Å². The van der Waals surface area contributed by atoms with Gasteiger partial charge in [-0.1, -0.05) is 12.1 Å². The number of rotatable bonds is 3. The molecule has 0 saturated heterocycles. The van der Waals surface area contributed by atoms with Gasteiger partial charge in [0.1, 0.15) is 6.10 Å². The lowest BCUT2D eigenvalue weighted by Gasteiger charge is -2.47. The first kappa shape index (κ1) is 13.5. The first-order chi connectivity index (χ1) is 8.47. The predicted molar refractivity (Wildman–Crippen MR) is 70.0 cm³/mol. The average Bonchev–Trinajstić information content (AvgIpc) is 2.75. The van der Waals surface area contributed by atoms with Gasteiger partial charge in [0.15, 0.2) is 0 Å². The van der Waals surface area contributed by atoms with E-state index in [9.17, 15) is 5.11 Å². The molecule has 102 valence electrons. The Labute approximate surface area is 109 Å². The van der Waals surface area contributed by atoms with E-state index in [0.717, 1.165) is 24.5 Å². The molecule has 1 N–H and O–H groups in total. The van der Waals surface area contributed by atoms with E-state index in [1.54, 1.807) is 10.9 Å². The quantitative estimate of drug-likeness (QED) is 0.882. The van der Waals surface area contributed by atoms with Crippen LogP contribution in [0.3, 0.4) is 0 Å². The number of aliphatic hydroxyl groups excluding tert-OH is 1. The second-order valence-corrected chi connectivity index (χ2v) is 5.87. The van der Waals surface area contributed by atoms with E-state index >= 15 is 0 Å². The van der Waals surface area contributed by atoms with Crippen LogP contribution in [0.4, 0.5) is 0 Å². The van der Waals surface area contributed by atoms with E-state index in [4.69, 9.17) is 0 Å². The molecule has 5 nitrogen and oxygen atoms in total. The van der Waals surface area contributed by atoms with Crippen LogP contribution < -0.4 is 0 Å². The molecule has 1 heterocycles. The van der Waals surface area contributed by atoms with Gasteiger partial charge in [-0.25, -0.2) is 4.68 Å². The molecule has 1 aromatic heterocycles. The topological polar surface area (TPSA) is 54.2 Å². The normalized spacial score (nSPS) is 30.7. The Bertz CT molecular complexity index is 393. The minimum Gasteiger partial charge on any atom is -0.385 e. The molecular weight excluding hydrogens is 228 g/mol. The van der Waals surface area contributed by atoms with E-state index in [1.807, 2.05) is 7.05 Å². The lowest BCUT2D eigenvalue weighted by Crippen LogP contribution is -2.51. The molecule has 1 saturated carbocycles. The molecule has 0 bridgehead atoms. The van der Waals surface area contributed by atoms with Gasteiger partial charge in [-0.05, 0) is 45.7 Å². The summed E-state index contributed by atoms with van der Waals surface area (Å²) in [6, 6.07) is 0. The molecule has 18 heavy (non-hydrogen) atoms. The zero-order chi connectivity index (χ0) is 13.3. The fraction of sp³-hybridized carbons (Fsp3) is 0.846. The maximum absolute atomic E-state index is 10.8. The highest BCUT2D eigenvalue weighted by molar-refractivity contribution is 5.10. The molecule has 1 fully saturated rings. The SMILES string of the molecule is CC1CCC(C(O)c2cnnn2C)(N(C)C)CC1. The first-order valence-electron chi connectivity index (χ1n) is 6.67. The van der Waals surface area contributed by atoms with Gasteiger partial charge in [0.2, 0.25) is 0 Å². The van der Waals surface area contributed by atoms with Crippen LogP contribution in [0.25, 0.3) is 0 Å². The van der Waals surface area contributed by atoms with Crippen LogP contribution in [0.5, 0.6) is 0 Å². The van der Waals surface area contributed by atoms with Crippen LogP contribution >= 0.6 is 0 Å². The Morgan fingerprint density at radius 3 is 2.50 bits per heavy atom. The molecule has 1 aliphatic carbocycles. The zero-order valence-corrected chi connectivity index (χ0v) is 11.8. The highest BCUT2D eigenvalue weighted by Gasteiger charge is 2.44. The van der Waals surface area contributed by atoms with Gasteiger partial charge < -0.3 is 10.0 Å². The fourth-order valence-corrected chi connectivity index (χ4v) is 3.05. The highest BCUT2D eigenvalue weighted by atomic mass is 16.3. The van der Waals surface area contributed by atoms with Crippen molar-refractivity contribution in [2.24, 2.45) is 13.0 Å². The monoisotopic (exact) mass is 252 g/mol. The second kappa shape index (κ2) is 4.97. The van der Waals surface area contributed by atoms with Crippen LogP contribution in [0.15, 0.2) is 6.20 Å². The summed E-state index contributed by atoms with van der Waals surface area (Å²) in [6.07, 6.45) is 5.52. The van der Waals surface area contributed by atoms with Crippen molar-refractivity contribution in [1.29, 1.82) is 0 Å². The smallest absolute Gasteiger partial charge is 0.115 e. The van der Waals surface area contributed by atoms with Gasteiger partial charge >= 0.3 is 0 Å². The Balaban J connectivity index is 2.28. The summed E-state index contributed by atoms with van der Waals surface area (Å²) in [4.78, 5) is 2.18. The Morgan fingerprint density at radius 1 is 1.44 bits per heavy atom. The van der Waals surface area contributed by atoms with Crippen molar-refractivity contribution < 1.29 is 5.11 Å². The third kappa shape index (κ3) is 2.17. The van der Waals surface area contributed by atoms with Crippen LogP contribution in [0.2, 0.25) is 0 Å². The molecule has 2 rings (SSSR count). The van der Waals surface area contributed by atoms with Gasteiger partial charge in [0, 0.05) is 7.05 Å². The molecule has 1 aliphatic rings. The molecule has 0 amide bonds. The van der Waals surface area contributed by atoms with Crippen molar-refractivity contribution in [1.82, 2.24) is 19.9 Å². The summed E-state index contributed by atoms with van der Waals surface area (Å²) in [5.74, 6) is 0.759. The summed E-state index contributed by atoms with van der Waals surface area (Å²) < 4.78 is 1.67. The van der Waals surface area contributed by atoms with Crippen molar-refractivity contribution >= 4 is 0 Å². The number of likely N-dealkylation sites (N-methyl/N-ethyl adjacent to an activating group) is 1. The number of nitrogens with zero attached hydrogens (tertiary/aromatic N) is 4. The Kier molecular flexibility index (Phi) is 3.73. The minimum atomic E-state index is -0.528. The fourth-order valence-electron chi connectivity index (χ4n) is 3.05. The minimum absolute atomic E-state index is 0.179. The van der Waals surface area contributed by atoms with Gasteiger partial charge in [0.25, 0.3) is 0 Å². The molecular formula is C13H24N4O. The molecule has 0 aliphatic heterocycles. The van der Waals surface area contributed by atoms with E-state index in [0.29, 0.717) is 0 Å². The Morgan fingerprint density at radius 2 is 2.06 bits per heavy atom. The molecule has 1 atom stereocenters. The number of aromatic nitrogens is 3. The third-order valence-electron chi connectivity index (χ3n) is 4.57. The van der Waals surface area contributed by atoms with Gasteiger partial charge in [0.05, 0.1) is 17.4 Å². The lowest BCUT2D eigenvalue weighted by atomic mass is 9.72. The average molecular weight is 252 g/mol. The Hall–Kier alpha value is -0.940. The summed E-state index contributed by atoms with van der Waals surface area (Å²) in [6.45, 7) is 2.29. The summed E-state index contributed by atoms with van der Waals surface area (Å²) >= 11 is 0. The van der Waals surface area contributed by atoms with Crippen molar-refractivity contribution in [3.8, 4) is 0 Å². The van der Waals surface area contributed by atoms with Crippen LogP contribution in [-0.2, 0) is 7.05 Å². The highest BCUT2D eigenvalue weighted by Crippen LogP contribution is 2.43. The standard InChI is InChI=1S/C13H24N4O/c1-10-5-7-13(8-6-10,16(2)3)12(18)11-9-14-15-17(11)4/h9-10,12,18H,5-8H2,1-4H3. The summed E-state index contributed by atoms with van der Waals surface area (Å²) in [5, 5.41) is 18.6. The van der Waals surface area contributed by atoms with Gasteiger partial charge in [-0.15, -0.1) is 5.10 Å². The molecule has 0 spiro atoms. The van der Waals surface area contributed by atoms with Crippen LogP contribution in [0.1, 0.15) is 44.4 Å². The van der Waals surface area contributed by atoms with Gasteiger partial charge in [-0.2, -0.15) is 0 Å². The number of hydrogen-bond acceptors (Lipinski definition) is 4. The first-order valence-corrected chi connectivity index (χ1v) is 6.67. The maximum atomic E-state index is 10.8. The third-order valence-corrected chi connectivity index (χ3v) is 4.57. The predicted octanol–water partition coefficient (Wildman–Crippen LogP) is 1.36.